The van der Waals surface area contributed by atoms with Gasteiger partial charge in [-0.05, 0) is 30.0 Å². The summed E-state index contributed by atoms with van der Waals surface area (Å²) in [5.41, 5.74) is -3.93. The smallest absolute Gasteiger partial charge is 0.411 e. The number of hydrogen-bond donors (Lipinski definition) is 2. The fraction of sp³-hybridized carbons (Fsp3) is 0.550. The first-order valence-corrected chi connectivity index (χ1v) is 9.45. The highest BCUT2D eigenvalue weighted by atomic mass is 19.4. The van der Waals surface area contributed by atoms with Gasteiger partial charge in [0.25, 0.3) is 0 Å². The van der Waals surface area contributed by atoms with Gasteiger partial charge in [0.1, 0.15) is 11.8 Å². The maximum Gasteiger partial charge on any atom is 0.417 e. The highest BCUT2D eigenvalue weighted by Crippen LogP contribution is 2.57. The molecule has 2 aliphatic heterocycles. The van der Waals surface area contributed by atoms with E-state index in [0.717, 1.165) is 17.0 Å². The minimum Gasteiger partial charge on any atom is -0.411 e. The molecule has 3 aliphatic rings. The average molecular weight is 423 g/mol. The van der Waals surface area contributed by atoms with E-state index in [1.807, 2.05) is 0 Å². The molecule has 2 N–H and O–H groups in total. The summed E-state index contributed by atoms with van der Waals surface area (Å²) in [7, 11) is 0. The third kappa shape index (κ3) is 2.72. The lowest BCUT2D eigenvalue weighted by Crippen LogP contribution is -2.62. The fourth-order valence-electron chi connectivity index (χ4n) is 5.21. The van der Waals surface area contributed by atoms with Crippen molar-refractivity contribution < 1.29 is 33.0 Å². The van der Waals surface area contributed by atoms with Crippen LogP contribution in [0, 0.1) is 28.6 Å². The zero-order chi connectivity index (χ0) is 22.1. The summed E-state index contributed by atoms with van der Waals surface area (Å²) >= 11 is 0. The summed E-state index contributed by atoms with van der Waals surface area (Å²) in [6.45, 7) is 3.61. The van der Waals surface area contributed by atoms with Gasteiger partial charge in [-0.3, -0.25) is 9.69 Å². The summed E-state index contributed by atoms with van der Waals surface area (Å²) in [5.74, 6) is -2.02. The van der Waals surface area contributed by atoms with E-state index in [1.165, 1.54) is 12.1 Å². The van der Waals surface area contributed by atoms with E-state index < -0.39 is 52.3 Å². The van der Waals surface area contributed by atoms with E-state index in [4.69, 9.17) is 10.00 Å². The molecule has 0 radical (unpaired) electrons. The summed E-state index contributed by atoms with van der Waals surface area (Å²) < 4.78 is 46.1. The Morgan fingerprint density at radius 2 is 2.07 bits per heavy atom. The van der Waals surface area contributed by atoms with E-state index >= 15 is 0 Å². The average Bonchev–Trinajstić information content (AvgIpc) is 2.98. The monoisotopic (exact) mass is 423 g/mol. The molecule has 30 heavy (non-hydrogen) atoms. The third-order valence-electron chi connectivity index (χ3n) is 6.54. The topological polar surface area (TPSA) is 106 Å². The second-order valence-electron chi connectivity index (χ2n) is 8.70. The number of aliphatic hydroxyl groups is 1. The zero-order valence-corrected chi connectivity index (χ0v) is 16.3. The molecule has 2 saturated heterocycles. The number of nitriles is 1. The highest BCUT2D eigenvalue weighted by molar-refractivity contribution is 6.04. The van der Waals surface area contributed by atoms with Crippen LogP contribution in [0.15, 0.2) is 23.4 Å². The van der Waals surface area contributed by atoms with Gasteiger partial charge in [0.15, 0.2) is 0 Å². The normalized spacial score (nSPS) is 34.0. The molecule has 1 aromatic rings. The SMILES string of the molecule is CC1(C)C/C(=N\O)[C@@]2(O)CCO[C@H]3C2C1C(=O)N3c1ccc(C#N)c(C(F)(F)F)c1. The molecule has 1 aliphatic carbocycles. The molecule has 1 amide bonds. The van der Waals surface area contributed by atoms with E-state index in [1.54, 1.807) is 13.8 Å². The number of alkyl halides is 3. The molecule has 10 heteroatoms. The van der Waals surface area contributed by atoms with Crippen LogP contribution in [0.25, 0.3) is 0 Å². The van der Waals surface area contributed by atoms with Crippen molar-refractivity contribution in [3.63, 3.8) is 0 Å². The van der Waals surface area contributed by atoms with E-state index in [2.05, 4.69) is 5.16 Å². The van der Waals surface area contributed by atoms with Gasteiger partial charge < -0.3 is 15.1 Å². The molecule has 7 nitrogen and oxygen atoms in total. The molecule has 0 bridgehead atoms. The minimum atomic E-state index is -4.78. The first kappa shape index (κ1) is 20.6. The fourth-order valence-corrected chi connectivity index (χ4v) is 5.21. The predicted molar refractivity (Wildman–Crippen MR) is 97.6 cm³/mol. The summed E-state index contributed by atoms with van der Waals surface area (Å²) in [5, 5.41) is 33.1. The maximum atomic E-state index is 13.5. The summed E-state index contributed by atoms with van der Waals surface area (Å²) in [6.07, 6.45) is -5.52. The zero-order valence-electron chi connectivity index (χ0n) is 16.3. The number of halogens is 3. The number of hydrogen-bond acceptors (Lipinski definition) is 6. The molecule has 1 saturated carbocycles. The van der Waals surface area contributed by atoms with Gasteiger partial charge in [-0.25, -0.2) is 0 Å². The first-order chi connectivity index (χ1) is 14.0. The molecule has 0 aromatic heterocycles. The van der Waals surface area contributed by atoms with Crippen LogP contribution in [-0.4, -0.2) is 40.4 Å². The highest BCUT2D eigenvalue weighted by Gasteiger charge is 2.68. The number of oxime groups is 1. The molecule has 160 valence electrons. The number of nitrogens with zero attached hydrogens (tertiary/aromatic N) is 3. The van der Waals surface area contributed by atoms with Crippen LogP contribution < -0.4 is 4.90 Å². The van der Waals surface area contributed by atoms with Crippen molar-refractivity contribution in [3.05, 3.63) is 29.3 Å². The maximum absolute atomic E-state index is 13.5. The van der Waals surface area contributed by atoms with Gasteiger partial charge in [-0.15, -0.1) is 0 Å². The van der Waals surface area contributed by atoms with Gasteiger partial charge in [0.2, 0.25) is 5.91 Å². The van der Waals surface area contributed by atoms with Crippen LogP contribution in [0.1, 0.15) is 37.8 Å². The van der Waals surface area contributed by atoms with Crippen LogP contribution in [0.4, 0.5) is 18.9 Å². The van der Waals surface area contributed by atoms with Gasteiger partial charge in [-0.2, -0.15) is 18.4 Å². The second-order valence-corrected chi connectivity index (χ2v) is 8.70. The summed E-state index contributed by atoms with van der Waals surface area (Å²) in [6, 6.07) is 4.58. The lowest BCUT2D eigenvalue weighted by Gasteiger charge is -2.51. The van der Waals surface area contributed by atoms with Crippen molar-refractivity contribution in [3.8, 4) is 6.07 Å². The van der Waals surface area contributed by atoms with Crippen LogP contribution in [0.3, 0.4) is 0 Å². The Hall–Kier alpha value is -2.64. The molecule has 4 rings (SSSR count). The number of amides is 1. The van der Waals surface area contributed by atoms with Crippen molar-refractivity contribution in [1.82, 2.24) is 0 Å². The van der Waals surface area contributed by atoms with Crippen molar-refractivity contribution in [2.75, 3.05) is 11.5 Å². The molecule has 2 unspecified atom stereocenters. The number of carbonyl (C=O) groups excluding carboxylic acids is 1. The first-order valence-electron chi connectivity index (χ1n) is 9.45. The lowest BCUT2D eigenvalue weighted by atomic mass is 9.56. The van der Waals surface area contributed by atoms with Crippen molar-refractivity contribution >= 4 is 17.3 Å². The molecular formula is C20H20F3N3O4. The molecule has 4 atom stereocenters. The molecule has 1 aromatic carbocycles. The molecular weight excluding hydrogens is 403 g/mol. The van der Waals surface area contributed by atoms with Gasteiger partial charge in [0.05, 0.1) is 41.4 Å². The standard InChI is InChI=1S/C20H20F3N3O4/c1-18(2)8-13(25-29)19(28)5-6-30-17-15(19)14(18)16(27)26(17)11-4-3-10(9-24)12(7-11)20(21,22)23/h3-4,7,14-15,17,28-29H,5-6,8H2,1-2H3/b25-13+/t14?,15?,17-,19-/m0/s1. The number of carbonyl (C=O) groups is 1. The lowest BCUT2D eigenvalue weighted by molar-refractivity contribution is -0.146. The quantitative estimate of drug-likeness (QED) is 0.534. The number of rotatable bonds is 1. The van der Waals surface area contributed by atoms with Crippen molar-refractivity contribution in [1.29, 1.82) is 5.26 Å². The Labute approximate surface area is 170 Å². The molecule has 3 fully saturated rings. The van der Waals surface area contributed by atoms with E-state index in [0.29, 0.717) is 0 Å². The predicted octanol–water partition coefficient (Wildman–Crippen LogP) is 2.89. The number of ether oxygens (including phenoxy) is 1. The van der Waals surface area contributed by atoms with Gasteiger partial charge in [0, 0.05) is 12.1 Å². The Balaban J connectivity index is 1.87. The molecule has 0 spiro atoms. The van der Waals surface area contributed by atoms with Crippen molar-refractivity contribution in [2.45, 2.75) is 44.7 Å². The number of benzene rings is 1. The second kappa shape index (κ2) is 6.43. The van der Waals surface area contributed by atoms with E-state index in [-0.39, 0.29) is 30.8 Å². The Morgan fingerprint density at radius 3 is 2.67 bits per heavy atom. The van der Waals surface area contributed by atoms with Gasteiger partial charge >= 0.3 is 6.18 Å². The van der Waals surface area contributed by atoms with Crippen LogP contribution in [0.2, 0.25) is 0 Å². The largest absolute Gasteiger partial charge is 0.417 e. The van der Waals surface area contributed by atoms with Crippen LogP contribution in [0.5, 0.6) is 0 Å². The van der Waals surface area contributed by atoms with Gasteiger partial charge in [-0.1, -0.05) is 19.0 Å². The Bertz CT molecular complexity index is 984. The molecule has 2 heterocycles. The third-order valence-corrected chi connectivity index (χ3v) is 6.54. The Morgan fingerprint density at radius 1 is 1.37 bits per heavy atom. The van der Waals surface area contributed by atoms with Crippen LogP contribution in [-0.2, 0) is 15.7 Å². The summed E-state index contributed by atoms with van der Waals surface area (Å²) in [4.78, 5) is 14.6. The van der Waals surface area contributed by atoms with Crippen molar-refractivity contribution in [2.24, 2.45) is 22.4 Å². The van der Waals surface area contributed by atoms with Crippen LogP contribution >= 0.6 is 0 Å². The minimum absolute atomic E-state index is 0.0377. The van der Waals surface area contributed by atoms with E-state index in [9.17, 15) is 28.3 Å². The Kier molecular flexibility index (Phi) is 4.42. The number of anilines is 1.